The van der Waals surface area contributed by atoms with Gasteiger partial charge in [-0.2, -0.15) is 0 Å². The van der Waals surface area contributed by atoms with Gasteiger partial charge in [0.2, 0.25) is 0 Å². The van der Waals surface area contributed by atoms with Crippen molar-refractivity contribution < 1.29 is 5.11 Å². The monoisotopic (exact) mass is 372 g/mol. The van der Waals surface area contributed by atoms with Gasteiger partial charge in [0.15, 0.2) is 0 Å². The van der Waals surface area contributed by atoms with E-state index in [0.717, 1.165) is 42.4 Å². The van der Waals surface area contributed by atoms with Crippen molar-refractivity contribution in [3.8, 4) is 0 Å². The zero-order valence-corrected chi connectivity index (χ0v) is 18.5. The molecule has 0 aromatic rings. The smallest absolute Gasteiger partial charge is 0.0577 e. The minimum absolute atomic E-state index is 0.0727. The zero-order valence-electron chi connectivity index (χ0n) is 18.5. The fourth-order valence-corrected chi connectivity index (χ4v) is 8.17. The Labute approximate surface area is 168 Å². The number of hydrogen-bond acceptors (Lipinski definition) is 1. The van der Waals surface area contributed by atoms with Crippen LogP contribution in [-0.4, -0.2) is 11.2 Å². The molecule has 27 heavy (non-hydrogen) atoms. The maximum absolute atomic E-state index is 10.2. The first-order valence-electron chi connectivity index (χ1n) is 12.2. The molecule has 7 atom stereocenters. The molecule has 4 aliphatic carbocycles. The summed E-state index contributed by atoms with van der Waals surface area (Å²) in [5.74, 6) is 4.64. The summed E-state index contributed by atoms with van der Waals surface area (Å²) < 4.78 is 0. The van der Waals surface area contributed by atoms with Crippen LogP contribution in [0.4, 0.5) is 0 Å². The van der Waals surface area contributed by atoms with E-state index in [1.165, 1.54) is 64.2 Å². The molecule has 3 saturated carbocycles. The largest absolute Gasteiger partial charge is 0.393 e. The summed E-state index contributed by atoms with van der Waals surface area (Å²) in [7, 11) is 0. The molecule has 0 amide bonds. The predicted molar refractivity (Wildman–Crippen MR) is 115 cm³/mol. The van der Waals surface area contributed by atoms with Crippen molar-refractivity contribution >= 4 is 0 Å². The van der Waals surface area contributed by atoms with Gasteiger partial charge in [0.25, 0.3) is 0 Å². The van der Waals surface area contributed by atoms with Crippen molar-refractivity contribution in [3.63, 3.8) is 0 Å². The first kappa shape index (κ1) is 20.0. The molecular formula is C26H44O. The Morgan fingerprint density at radius 3 is 2.63 bits per heavy atom. The highest BCUT2D eigenvalue weighted by Gasteiger charge is 2.58. The number of unbranched alkanes of at least 4 members (excludes halogenated alkanes) is 1. The van der Waals surface area contributed by atoms with Gasteiger partial charge in [-0.25, -0.2) is 0 Å². The molecule has 0 aromatic heterocycles. The molecule has 4 aliphatic rings. The molecule has 3 fully saturated rings. The Kier molecular flexibility index (Phi) is 5.56. The quantitative estimate of drug-likeness (QED) is 0.401. The van der Waals surface area contributed by atoms with Crippen LogP contribution in [0.5, 0.6) is 0 Å². The van der Waals surface area contributed by atoms with E-state index < -0.39 is 0 Å². The normalized spacial score (nSPS) is 46.6. The first-order chi connectivity index (χ1) is 12.8. The van der Waals surface area contributed by atoms with Crippen LogP contribution >= 0.6 is 0 Å². The summed E-state index contributed by atoms with van der Waals surface area (Å²) in [6.45, 7) is 9.97. The van der Waals surface area contributed by atoms with Crippen molar-refractivity contribution in [1.29, 1.82) is 0 Å². The van der Waals surface area contributed by atoms with Gasteiger partial charge in [-0.3, -0.25) is 0 Å². The molecule has 0 aliphatic heterocycles. The molecule has 0 saturated heterocycles. The van der Waals surface area contributed by atoms with Crippen LogP contribution in [0, 0.1) is 40.4 Å². The summed E-state index contributed by atoms with van der Waals surface area (Å²) in [4.78, 5) is 0. The third kappa shape index (κ3) is 3.45. The van der Waals surface area contributed by atoms with Gasteiger partial charge in [-0.1, -0.05) is 58.6 Å². The lowest BCUT2D eigenvalue weighted by atomic mass is 9.47. The number of aliphatic hydroxyl groups is 1. The highest BCUT2D eigenvalue weighted by Crippen LogP contribution is 2.66. The lowest BCUT2D eigenvalue weighted by Crippen LogP contribution is -2.50. The molecule has 0 aromatic carbocycles. The van der Waals surface area contributed by atoms with E-state index in [1.807, 2.05) is 0 Å². The van der Waals surface area contributed by atoms with E-state index in [2.05, 4.69) is 33.8 Å². The van der Waals surface area contributed by atoms with Crippen LogP contribution in [0.25, 0.3) is 0 Å². The molecule has 0 bridgehead atoms. The van der Waals surface area contributed by atoms with Crippen molar-refractivity contribution in [2.75, 3.05) is 0 Å². The maximum atomic E-state index is 10.2. The summed E-state index contributed by atoms with van der Waals surface area (Å²) in [5, 5.41) is 10.2. The van der Waals surface area contributed by atoms with Crippen LogP contribution in [0.2, 0.25) is 0 Å². The Hall–Kier alpha value is -0.300. The highest BCUT2D eigenvalue weighted by molar-refractivity contribution is 5.25. The molecule has 154 valence electrons. The molecular weight excluding hydrogens is 328 g/mol. The van der Waals surface area contributed by atoms with Gasteiger partial charge in [0.1, 0.15) is 0 Å². The number of fused-ring (bicyclic) bond motifs is 5. The first-order valence-corrected chi connectivity index (χ1v) is 12.2. The third-order valence-electron chi connectivity index (χ3n) is 9.86. The molecule has 1 nitrogen and oxygen atoms in total. The molecule has 0 radical (unpaired) electrons. The SMILES string of the molecule is CC(C)CCCC[C@H]1CCC2[C@@H]3CC=C4C[C@@H](O)CC[C@]4(C)C3CC[C@@]21C. The maximum Gasteiger partial charge on any atom is 0.0577 e. The van der Waals surface area contributed by atoms with Gasteiger partial charge >= 0.3 is 0 Å². The lowest BCUT2D eigenvalue weighted by Gasteiger charge is -2.58. The molecule has 1 N–H and O–H groups in total. The van der Waals surface area contributed by atoms with Gasteiger partial charge in [0.05, 0.1) is 6.10 Å². The Morgan fingerprint density at radius 1 is 1.04 bits per heavy atom. The number of hydrogen-bond donors (Lipinski definition) is 1. The van der Waals surface area contributed by atoms with Crippen LogP contribution in [0.15, 0.2) is 11.6 Å². The van der Waals surface area contributed by atoms with Gasteiger partial charge < -0.3 is 5.11 Å². The number of aliphatic hydroxyl groups excluding tert-OH is 1. The topological polar surface area (TPSA) is 20.2 Å². The summed E-state index contributed by atoms with van der Waals surface area (Å²) >= 11 is 0. The van der Waals surface area contributed by atoms with Crippen molar-refractivity contribution in [2.24, 2.45) is 40.4 Å². The average Bonchev–Trinajstić information content (AvgIpc) is 2.96. The van der Waals surface area contributed by atoms with Crippen LogP contribution < -0.4 is 0 Å². The molecule has 2 unspecified atom stereocenters. The number of rotatable bonds is 5. The van der Waals surface area contributed by atoms with E-state index in [9.17, 15) is 5.11 Å². The fraction of sp³-hybridized carbons (Fsp3) is 0.923. The van der Waals surface area contributed by atoms with E-state index >= 15 is 0 Å². The molecule has 1 heteroatoms. The minimum atomic E-state index is -0.0727. The van der Waals surface area contributed by atoms with Crippen LogP contribution in [-0.2, 0) is 0 Å². The minimum Gasteiger partial charge on any atom is -0.393 e. The fourth-order valence-electron chi connectivity index (χ4n) is 8.17. The summed E-state index contributed by atoms with van der Waals surface area (Å²) in [6, 6.07) is 0. The van der Waals surface area contributed by atoms with Crippen molar-refractivity contribution in [3.05, 3.63) is 11.6 Å². The van der Waals surface area contributed by atoms with Gasteiger partial charge in [-0.15, -0.1) is 0 Å². The molecule has 0 heterocycles. The predicted octanol–water partition coefficient (Wildman–Crippen LogP) is 7.14. The van der Waals surface area contributed by atoms with E-state index in [0.29, 0.717) is 10.8 Å². The summed E-state index contributed by atoms with van der Waals surface area (Å²) in [6.07, 6.45) is 18.7. The highest BCUT2D eigenvalue weighted by atomic mass is 16.3. The third-order valence-corrected chi connectivity index (χ3v) is 9.86. The van der Waals surface area contributed by atoms with Crippen molar-refractivity contribution in [1.82, 2.24) is 0 Å². The standard InChI is InChI=1S/C26H44O/c1-18(2)7-5-6-8-19-10-12-23-22-11-9-20-17-21(27)13-15-26(20,4)24(22)14-16-25(19,23)3/h9,18-19,21-24,27H,5-8,10-17H2,1-4H3/t19-,21-,22-,23?,24?,25+,26-/m0/s1. The second kappa shape index (κ2) is 7.51. The Balaban J connectivity index is 1.46. The average molecular weight is 373 g/mol. The van der Waals surface area contributed by atoms with E-state index in [4.69, 9.17) is 0 Å². The molecule has 0 spiro atoms. The van der Waals surface area contributed by atoms with E-state index in [1.54, 1.807) is 5.57 Å². The second-order valence-corrected chi connectivity index (χ2v) is 11.7. The lowest BCUT2D eigenvalue weighted by molar-refractivity contribution is -0.0508. The van der Waals surface area contributed by atoms with Gasteiger partial charge in [0, 0.05) is 0 Å². The number of allylic oxidation sites excluding steroid dienone is 1. The van der Waals surface area contributed by atoms with Crippen LogP contribution in [0.3, 0.4) is 0 Å². The van der Waals surface area contributed by atoms with Crippen molar-refractivity contribution in [2.45, 2.75) is 111 Å². The van der Waals surface area contributed by atoms with Crippen LogP contribution in [0.1, 0.15) is 105 Å². The second-order valence-electron chi connectivity index (χ2n) is 11.7. The molecule has 4 rings (SSSR count). The zero-order chi connectivity index (χ0) is 19.2. The van der Waals surface area contributed by atoms with E-state index in [-0.39, 0.29) is 6.10 Å². The Morgan fingerprint density at radius 2 is 1.85 bits per heavy atom. The Bertz CT molecular complexity index is 563. The van der Waals surface area contributed by atoms with Gasteiger partial charge in [-0.05, 0) is 98.2 Å². The summed E-state index contributed by atoms with van der Waals surface area (Å²) in [5.41, 5.74) is 2.64.